The van der Waals surface area contributed by atoms with Gasteiger partial charge in [0.05, 0.1) is 17.6 Å². The van der Waals surface area contributed by atoms with Gasteiger partial charge in [-0.05, 0) is 49.6 Å². The summed E-state index contributed by atoms with van der Waals surface area (Å²) in [5.74, 6) is 1.49. The van der Waals surface area contributed by atoms with E-state index in [4.69, 9.17) is 9.72 Å². The minimum absolute atomic E-state index is 0.000354. The summed E-state index contributed by atoms with van der Waals surface area (Å²) in [4.78, 5) is 17.0. The van der Waals surface area contributed by atoms with Crippen molar-refractivity contribution in [3.05, 3.63) is 59.4 Å². The van der Waals surface area contributed by atoms with Gasteiger partial charge in [-0.3, -0.25) is 4.79 Å². The van der Waals surface area contributed by atoms with Crippen molar-refractivity contribution in [2.75, 3.05) is 6.61 Å². The first kappa shape index (κ1) is 19.9. The third-order valence-electron chi connectivity index (χ3n) is 4.86. The van der Waals surface area contributed by atoms with Gasteiger partial charge in [-0.2, -0.15) is 0 Å². The fraction of sp³-hybridized carbons (Fsp3) is 0.391. The molecular formula is C23H29N3O2. The molecule has 0 aliphatic carbocycles. The molecule has 1 N–H and O–H groups in total. The Labute approximate surface area is 166 Å². The molecule has 0 bridgehead atoms. The number of para-hydroxylation sites is 2. The number of aromatic nitrogens is 2. The van der Waals surface area contributed by atoms with Crippen LogP contribution < -0.4 is 10.1 Å². The van der Waals surface area contributed by atoms with Gasteiger partial charge in [0.1, 0.15) is 11.6 Å². The quantitative estimate of drug-likeness (QED) is 0.555. The standard InChI is InChI=1S/C23H29N3O2/c1-4-5-8-13-26-20-10-7-6-9-19(20)25-22(26)15-24-23(27)16-28-21-14-17(2)11-12-18(21)3/h6-7,9-12,14H,4-5,8,13,15-16H2,1-3H3,(H,24,27). The normalized spacial score (nSPS) is 11.0. The highest BCUT2D eigenvalue weighted by molar-refractivity contribution is 5.78. The number of unbranched alkanes of at least 4 members (excludes halogenated alkanes) is 2. The van der Waals surface area contributed by atoms with Gasteiger partial charge in [-0.15, -0.1) is 0 Å². The number of nitrogens with one attached hydrogen (secondary N) is 1. The topological polar surface area (TPSA) is 56.2 Å². The summed E-state index contributed by atoms with van der Waals surface area (Å²) in [6.07, 6.45) is 3.46. The van der Waals surface area contributed by atoms with Crippen molar-refractivity contribution in [1.29, 1.82) is 0 Å². The molecule has 1 heterocycles. The van der Waals surface area contributed by atoms with Crippen LogP contribution in [0.25, 0.3) is 11.0 Å². The highest BCUT2D eigenvalue weighted by atomic mass is 16.5. The van der Waals surface area contributed by atoms with Crippen molar-refractivity contribution < 1.29 is 9.53 Å². The number of carbonyl (C=O) groups excluding carboxylic acids is 1. The van der Waals surface area contributed by atoms with E-state index >= 15 is 0 Å². The average molecular weight is 380 g/mol. The van der Waals surface area contributed by atoms with Crippen LogP contribution in [0.3, 0.4) is 0 Å². The highest BCUT2D eigenvalue weighted by Crippen LogP contribution is 2.19. The first-order valence-corrected chi connectivity index (χ1v) is 9.99. The summed E-state index contributed by atoms with van der Waals surface area (Å²) in [7, 11) is 0. The predicted molar refractivity (Wildman–Crippen MR) is 113 cm³/mol. The van der Waals surface area contributed by atoms with Crippen molar-refractivity contribution in [2.24, 2.45) is 0 Å². The summed E-state index contributed by atoms with van der Waals surface area (Å²) in [6, 6.07) is 14.1. The van der Waals surface area contributed by atoms with E-state index < -0.39 is 0 Å². The van der Waals surface area contributed by atoms with Crippen molar-refractivity contribution in [3.8, 4) is 5.75 Å². The molecule has 0 unspecified atom stereocenters. The van der Waals surface area contributed by atoms with Gasteiger partial charge >= 0.3 is 0 Å². The van der Waals surface area contributed by atoms with E-state index in [1.807, 2.05) is 50.2 Å². The minimum Gasteiger partial charge on any atom is -0.483 e. The number of aryl methyl sites for hydroxylation is 3. The summed E-state index contributed by atoms with van der Waals surface area (Å²) < 4.78 is 7.92. The van der Waals surface area contributed by atoms with E-state index in [1.165, 1.54) is 12.8 Å². The Balaban J connectivity index is 1.63. The van der Waals surface area contributed by atoms with Crippen LogP contribution in [0.15, 0.2) is 42.5 Å². The SMILES string of the molecule is CCCCCn1c(CNC(=O)COc2cc(C)ccc2C)nc2ccccc21. The van der Waals surface area contributed by atoms with Gasteiger partial charge < -0.3 is 14.6 Å². The van der Waals surface area contributed by atoms with Gasteiger partial charge in [0.15, 0.2) is 6.61 Å². The molecule has 1 amide bonds. The van der Waals surface area contributed by atoms with E-state index in [0.29, 0.717) is 6.54 Å². The van der Waals surface area contributed by atoms with E-state index in [2.05, 4.69) is 22.9 Å². The number of ether oxygens (including phenoxy) is 1. The number of amides is 1. The van der Waals surface area contributed by atoms with Gasteiger partial charge in [0.25, 0.3) is 5.91 Å². The van der Waals surface area contributed by atoms with Crippen LogP contribution in [0.2, 0.25) is 0 Å². The second-order valence-corrected chi connectivity index (χ2v) is 7.21. The Kier molecular flexibility index (Phi) is 6.69. The summed E-state index contributed by atoms with van der Waals surface area (Å²) in [6.45, 7) is 7.50. The number of imidazole rings is 1. The number of benzene rings is 2. The first-order valence-electron chi connectivity index (χ1n) is 9.99. The van der Waals surface area contributed by atoms with E-state index in [-0.39, 0.29) is 12.5 Å². The maximum Gasteiger partial charge on any atom is 0.258 e. The third kappa shape index (κ3) is 4.91. The van der Waals surface area contributed by atoms with E-state index in [9.17, 15) is 4.79 Å². The monoisotopic (exact) mass is 379 g/mol. The van der Waals surface area contributed by atoms with Gasteiger partial charge in [-0.25, -0.2) is 4.98 Å². The van der Waals surface area contributed by atoms with Crippen LogP contribution in [0.1, 0.15) is 43.1 Å². The largest absolute Gasteiger partial charge is 0.483 e. The Morgan fingerprint density at radius 2 is 1.96 bits per heavy atom. The van der Waals surface area contributed by atoms with Gasteiger partial charge in [-0.1, -0.05) is 44.0 Å². The zero-order valence-electron chi connectivity index (χ0n) is 17.0. The molecule has 28 heavy (non-hydrogen) atoms. The molecule has 0 spiro atoms. The lowest BCUT2D eigenvalue weighted by molar-refractivity contribution is -0.123. The number of fused-ring (bicyclic) bond motifs is 1. The number of rotatable bonds is 9. The molecular weight excluding hydrogens is 350 g/mol. The van der Waals surface area contributed by atoms with Crippen LogP contribution in [-0.4, -0.2) is 22.1 Å². The number of carbonyl (C=O) groups is 1. The van der Waals surface area contributed by atoms with Crippen LogP contribution in [0.5, 0.6) is 5.75 Å². The lowest BCUT2D eigenvalue weighted by Gasteiger charge is -2.12. The van der Waals surface area contributed by atoms with Crippen molar-refractivity contribution in [3.63, 3.8) is 0 Å². The van der Waals surface area contributed by atoms with Crippen molar-refractivity contribution in [2.45, 2.75) is 53.1 Å². The third-order valence-corrected chi connectivity index (χ3v) is 4.86. The molecule has 0 fully saturated rings. The molecule has 0 saturated heterocycles. The number of hydrogen-bond acceptors (Lipinski definition) is 3. The van der Waals surface area contributed by atoms with Crippen molar-refractivity contribution in [1.82, 2.24) is 14.9 Å². The lowest BCUT2D eigenvalue weighted by atomic mass is 10.1. The zero-order valence-corrected chi connectivity index (χ0v) is 17.0. The smallest absolute Gasteiger partial charge is 0.258 e. The fourth-order valence-corrected chi connectivity index (χ4v) is 3.26. The Morgan fingerprint density at radius 3 is 2.79 bits per heavy atom. The second kappa shape index (κ2) is 9.40. The van der Waals surface area contributed by atoms with Gasteiger partial charge in [0, 0.05) is 6.54 Å². The van der Waals surface area contributed by atoms with Crippen LogP contribution in [0, 0.1) is 13.8 Å². The Morgan fingerprint density at radius 1 is 1.14 bits per heavy atom. The molecule has 5 heteroatoms. The highest BCUT2D eigenvalue weighted by Gasteiger charge is 2.12. The van der Waals surface area contributed by atoms with Crippen LogP contribution in [0.4, 0.5) is 0 Å². The maximum absolute atomic E-state index is 12.3. The number of hydrogen-bond donors (Lipinski definition) is 1. The predicted octanol–water partition coefficient (Wildman–Crippen LogP) is 4.54. The minimum atomic E-state index is -0.145. The molecule has 0 atom stereocenters. The Hall–Kier alpha value is -2.82. The van der Waals surface area contributed by atoms with Crippen molar-refractivity contribution >= 4 is 16.9 Å². The summed E-state index contributed by atoms with van der Waals surface area (Å²) >= 11 is 0. The molecule has 0 aliphatic heterocycles. The molecule has 0 radical (unpaired) electrons. The van der Waals surface area contributed by atoms with Crippen LogP contribution in [-0.2, 0) is 17.9 Å². The summed E-state index contributed by atoms with van der Waals surface area (Å²) in [5.41, 5.74) is 4.22. The second-order valence-electron chi connectivity index (χ2n) is 7.21. The summed E-state index contributed by atoms with van der Waals surface area (Å²) in [5, 5.41) is 2.95. The molecule has 1 aromatic heterocycles. The molecule has 0 aliphatic rings. The molecule has 3 rings (SSSR count). The zero-order chi connectivity index (χ0) is 19.9. The first-order chi connectivity index (χ1) is 13.6. The fourth-order valence-electron chi connectivity index (χ4n) is 3.26. The lowest BCUT2D eigenvalue weighted by Crippen LogP contribution is -2.29. The molecule has 5 nitrogen and oxygen atoms in total. The van der Waals surface area contributed by atoms with Crippen LogP contribution >= 0.6 is 0 Å². The molecule has 148 valence electrons. The van der Waals surface area contributed by atoms with Gasteiger partial charge in [0.2, 0.25) is 0 Å². The number of nitrogens with zero attached hydrogens (tertiary/aromatic N) is 2. The average Bonchev–Trinajstić information content (AvgIpc) is 3.05. The maximum atomic E-state index is 12.3. The Bertz CT molecular complexity index is 946. The molecule has 3 aromatic rings. The van der Waals surface area contributed by atoms with E-state index in [1.54, 1.807) is 0 Å². The van der Waals surface area contributed by atoms with E-state index in [0.717, 1.165) is 46.7 Å². The molecule has 2 aromatic carbocycles. The molecule has 0 saturated carbocycles.